The van der Waals surface area contributed by atoms with Crippen LogP contribution in [0.1, 0.15) is 41.5 Å². The number of nitro groups is 1. The summed E-state index contributed by atoms with van der Waals surface area (Å²) in [5.41, 5.74) is 8.37. The van der Waals surface area contributed by atoms with Crippen molar-refractivity contribution in [2.24, 2.45) is 47.2 Å². The van der Waals surface area contributed by atoms with E-state index in [0.717, 1.165) is 5.69 Å². The minimum Gasteiger partial charge on any atom is -0.494 e. The van der Waals surface area contributed by atoms with E-state index >= 15 is 0 Å². The Bertz CT molecular complexity index is 1990. The zero-order valence-corrected chi connectivity index (χ0v) is 32.1. The predicted molar refractivity (Wildman–Crippen MR) is 208 cm³/mol. The lowest BCUT2D eigenvalue weighted by Gasteiger charge is -2.48. The minimum absolute atomic E-state index is 0.0182. The summed E-state index contributed by atoms with van der Waals surface area (Å²) >= 11 is 0. The number of esters is 1. The van der Waals surface area contributed by atoms with Crippen LogP contribution in [0.3, 0.4) is 0 Å². The van der Waals surface area contributed by atoms with Gasteiger partial charge in [-0.05, 0) is 86.8 Å². The van der Waals surface area contributed by atoms with E-state index in [-0.39, 0.29) is 18.3 Å². The molecule has 0 aliphatic rings. The highest BCUT2D eigenvalue weighted by Crippen LogP contribution is 2.46. The van der Waals surface area contributed by atoms with E-state index in [1.807, 2.05) is 77.8 Å². The zero-order valence-electron chi connectivity index (χ0n) is 32.1. The maximum atomic E-state index is 13.2. The molecule has 0 saturated carbocycles. The molecule has 4 aromatic carbocycles. The molecule has 1 atom stereocenters. The molecule has 0 bridgehead atoms. The number of hydrogen-bond acceptors (Lipinski definition) is 14. The van der Waals surface area contributed by atoms with Crippen molar-refractivity contribution in [1.29, 1.82) is 0 Å². The lowest BCUT2D eigenvalue weighted by atomic mass is 9.58. The van der Waals surface area contributed by atoms with E-state index in [1.165, 1.54) is 38.5 Å². The van der Waals surface area contributed by atoms with E-state index in [9.17, 15) is 14.9 Å². The number of nitrogens with two attached hydrogens (primary N) is 1. The normalized spacial score (nSPS) is 13.3. The van der Waals surface area contributed by atoms with Crippen molar-refractivity contribution < 1.29 is 23.9 Å². The topological polar surface area (TPSA) is 191 Å². The number of ether oxygens (including phenoxy) is 3. The van der Waals surface area contributed by atoms with Gasteiger partial charge in [0.25, 0.3) is 5.69 Å². The predicted octanol–water partition coefficient (Wildman–Crippen LogP) is 10.6. The van der Waals surface area contributed by atoms with E-state index in [1.54, 1.807) is 36.4 Å². The van der Waals surface area contributed by atoms with Gasteiger partial charge in [0.15, 0.2) is 0 Å². The molecule has 0 spiro atoms. The Morgan fingerprint density at radius 3 is 1.46 bits per heavy atom. The van der Waals surface area contributed by atoms with Gasteiger partial charge < -0.3 is 24.8 Å². The van der Waals surface area contributed by atoms with Crippen LogP contribution in [0, 0.1) is 20.9 Å². The van der Waals surface area contributed by atoms with Crippen molar-refractivity contribution in [3.63, 3.8) is 0 Å². The maximum absolute atomic E-state index is 13.2. The molecule has 284 valence electrons. The van der Waals surface area contributed by atoms with Crippen molar-refractivity contribution in [3.05, 3.63) is 95.0 Å². The van der Waals surface area contributed by atoms with Crippen LogP contribution in [-0.2, 0) is 9.53 Å². The Balaban J connectivity index is 1.38. The number of rotatable bonds is 15. The Hall–Kier alpha value is -6.09. The molecule has 4 rings (SSSR count). The largest absolute Gasteiger partial charge is 0.494 e. The highest BCUT2D eigenvalue weighted by molar-refractivity contribution is 5.79. The van der Waals surface area contributed by atoms with Crippen molar-refractivity contribution in [2.45, 2.75) is 47.1 Å². The van der Waals surface area contributed by atoms with Gasteiger partial charge in [-0.1, -0.05) is 20.8 Å². The van der Waals surface area contributed by atoms with Gasteiger partial charge in [0.2, 0.25) is 0 Å². The van der Waals surface area contributed by atoms with Crippen LogP contribution >= 0.6 is 0 Å². The second-order valence-electron chi connectivity index (χ2n) is 14.3. The molecule has 2 N–H and O–H groups in total. The standard InChI is InChI=1S/C39H47N9O6/c1-37(2,3)39(6,38(4,5)40)36(49)54-23-22-47(7)30-18-14-29(15-19-30)44-46-33-25-34(52-8)32(24-35(33)53-9)45-43-27-12-10-26(11-13-27)41-42-28-16-20-31(21-17-28)48(50)51/h10-21,24-25H,22-23,40H2,1-9H3. The number of carbonyl (C=O) groups is 1. The third kappa shape index (κ3) is 9.86. The molecule has 15 nitrogen and oxygen atoms in total. The average Bonchev–Trinajstić information content (AvgIpc) is 3.14. The van der Waals surface area contributed by atoms with E-state index in [0.29, 0.717) is 52.2 Å². The number of nitro benzene ring substituents is 1. The molecule has 0 saturated heterocycles. The number of azo groups is 3. The molecule has 15 heteroatoms. The van der Waals surface area contributed by atoms with Gasteiger partial charge >= 0.3 is 5.97 Å². The second-order valence-corrected chi connectivity index (χ2v) is 14.3. The lowest BCUT2D eigenvalue weighted by molar-refractivity contribution is -0.384. The number of methoxy groups -OCH3 is 2. The van der Waals surface area contributed by atoms with Crippen molar-refractivity contribution in [1.82, 2.24) is 0 Å². The molecular formula is C39H47N9O6. The van der Waals surface area contributed by atoms with Crippen LogP contribution in [0.15, 0.2) is 116 Å². The van der Waals surface area contributed by atoms with Gasteiger partial charge in [0, 0.05) is 42.5 Å². The maximum Gasteiger partial charge on any atom is 0.314 e. The minimum atomic E-state index is -0.881. The Kier molecular flexibility index (Phi) is 12.9. The summed E-state index contributed by atoms with van der Waals surface area (Å²) in [7, 11) is 4.96. The van der Waals surface area contributed by atoms with Crippen LogP contribution in [0.2, 0.25) is 0 Å². The molecule has 0 fully saturated rings. The van der Waals surface area contributed by atoms with Gasteiger partial charge in [0.05, 0.1) is 53.9 Å². The molecule has 0 aromatic heterocycles. The van der Waals surface area contributed by atoms with E-state index in [4.69, 9.17) is 19.9 Å². The van der Waals surface area contributed by atoms with Crippen LogP contribution in [-0.4, -0.2) is 50.9 Å². The van der Waals surface area contributed by atoms with Gasteiger partial charge in [-0.25, -0.2) is 0 Å². The summed E-state index contributed by atoms with van der Waals surface area (Å²) in [6.07, 6.45) is 0. The third-order valence-corrected chi connectivity index (χ3v) is 9.37. The first-order valence-corrected chi connectivity index (χ1v) is 17.1. The summed E-state index contributed by atoms with van der Waals surface area (Å²) < 4.78 is 16.9. The van der Waals surface area contributed by atoms with Crippen molar-refractivity contribution in [3.8, 4) is 11.5 Å². The zero-order chi connectivity index (χ0) is 39.7. The molecule has 54 heavy (non-hydrogen) atoms. The molecule has 0 amide bonds. The summed E-state index contributed by atoms with van der Waals surface area (Å²) in [5, 5.41) is 36.6. The van der Waals surface area contributed by atoms with Crippen LogP contribution in [0.5, 0.6) is 11.5 Å². The third-order valence-electron chi connectivity index (χ3n) is 9.37. The van der Waals surface area contributed by atoms with Crippen LogP contribution in [0.25, 0.3) is 0 Å². The molecule has 0 radical (unpaired) electrons. The average molecular weight is 738 g/mol. The fraction of sp³-hybridized carbons (Fsp3) is 0.359. The first kappa shape index (κ1) is 40.7. The fourth-order valence-corrected chi connectivity index (χ4v) is 5.45. The number of benzene rings is 4. The summed E-state index contributed by atoms with van der Waals surface area (Å²) in [6.45, 7) is 12.3. The molecular weight excluding hydrogens is 690 g/mol. The summed E-state index contributed by atoms with van der Waals surface area (Å²) in [6, 6.07) is 23.5. The Morgan fingerprint density at radius 1 is 0.704 bits per heavy atom. The Labute approximate surface area is 315 Å². The summed E-state index contributed by atoms with van der Waals surface area (Å²) in [4.78, 5) is 25.5. The molecule has 0 aliphatic heterocycles. The number of hydrogen-bond donors (Lipinski definition) is 1. The van der Waals surface area contributed by atoms with Gasteiger partial charge in [0.1, 0.15) is 29.5 Å². The smallest absolute Gasteiger partial charge is 0.314 e. The second kappa shape index (κ2) is 17.2. The van der Waals surface area contributed by atoms with Crippen LogP contribution in [0.4, 0.5) is 45.5 Å². The van der Waals surface area contributed by atoms with Gasteiger partial charge in [-0.15, -0.1) is 10.2 Å². The highest BCUT2D eigenvalue weighted by Gasteiger charge is 2.54. The SMILES string of the molecule is COc1cc(N=Nc2ccc(N(C)CCOC(=O)C(C)(C(C)(C)C)C(C)(C)N)cc2)c(OC)cc1N=Nc1ccc(N=Nc2ccc([N+](=O)[O-])cc2)cc1. The molecule has 0 heterocycles. The molecule has 0 aliphatic carbocycles. The summed E-state index contributed by atoms with van der Waals surface area (Å²) in [5.74, 6) is 0.518. The van der Waals surface area contributed by atoms with Gasteiger partial charge in [-0.3, -0.25) is 14.9 Å². The van der Waals surface area contributed by atoms with Crippen LogP contribution < -0.4 is 20.1 Å². The number of nitrogens with zero attached hydrogens (tertiary/aromatic N) is 8. The van der Waals surface area contributed by atoms with Gasteiger partial charge in [-0.2, -0.15) is 20.5 Å². The fourth-order valence-electron chi connectivity index (χ4n) is 5.45. The molecule has 1 unspecified atom stereocenters. The number of carbonyl (C=O) groups excluding carboxylic acids is 1. The molecule has 4 aromatic rings. The highest BCUT2D eigenvalue weighted by atomic mass is 16.6. The van der Waals surface area contributed by atoms with Crippen molar-refractivity contribution >= 4 is 51.5 Å². The number of likely N-dealkylation sites (N-methyl/N-ethyl adjacent to an activating group) is 1. The number of non-ortho nitro benzene ring substituents is 1. The monoisotopic (exact) mass is 737 g/mol. The van der Waals surface area contributed by atoms with Crippen molar-refractivity contribution in [2.75, 3.05) is 39.3 Å². The van der Waals surface area contributed by atoms with E-state index < -0.39 is 21.3 Å². The van der Waals surface area contributed by atoms with E-state index in [2.05, 4.69) is 30.7 Å². The Morgan fingerprint density at radius 2 is 1.09 bits per heavy atom. The number of anilines is 1. The lowest BCUT2D eigenvalue weighted by Crippen LogP contribution is -2.60. The first-order chi connectivity index (χ1) is 25.5. The first-order valence-electron chi connectivity index (χ1n) is 17.1. The quantitative estimate of drug-likeness (QED) is 0.0539.